The lowest BCUT2D eigenvalue weighted by atomic mass is 9.87. The van der Waals surface area contributed by atoms with Crippen LogP contribution in [0.15, 0.2) is 91.3 Å². The Morgan fingerprint density at radius 2 is 1.50 bits per heavy atom. The van der Waals surface area contributed by atoms with Crippen LogP contribution in [-0.2, 0) is 46.2 Å². The number of H-pyrrole nitrogens is 1. The molecular formula is C55H68N10O9. The van der Waals surface area contributed by atoms with Crippen LogP contribution in [0.1, 0.15) is 116 Å². The molecule has 3 aliphatic heterocycles. The van der Waals surface area contributed by atoms with E-state index in [1.807, 2.05) is 74.5 Å². The maximum absolute atomic E-state index is 13.7. The van der Waals surface area contributed by atoms with Crippen LogP contribution in [0.2, 0.25) is 0 Å². The molecule has 5 heterocycles. The summed E-state index contributed by atoms with van der Waals surface area (Å²) in [7, 11) is 0. The first-order valence-electron chi connectivity index (χ1n) is 25.8. The number of piperidine rings is 2. The lowest BCUT2D eigenvalue weighted by molar-refractivity contribution is -0.137. The maximum Gasteiger partial charge on any atom is 0.255 e. The number of anilines is 2. The fourth-order valence-corrected chi connectivity index (χ4v) is 9.44. The minimum atomic E-state index is -0.717. The minimum absolute atomic E-state index is 0.173. The van der Waals surface area contributed by atoms with Crippen LogP contribution in [0.4, 0.5) is 11.4 Å². The Morgan fingerprint density at radius 1 is 0.797 bits per heavy atom. The summed E-state index contributed by atoms with van der Waals surface area (Å²) in [5.41, 5.74) is 3.78. The summed E-state index contributed by atoms with van der Waals surface area (Å²) in [6.45, 7) is 9.29. The van der Waals surface area contributed by atoms with Crippen molar-refractivity contribution in [1.29, 1.82) is 0 Å². The first-order valence-corrected chi connectivity index (χ1v) is 25.8. The highest BCUT2D eigenvalue weighted by atomic mass is 16.5. The molecule has 2 aromatic heterocycles. The molecule has 5 aromatic rings. The molecule has 6 N–H and O–H groups in total. The molecule has 8 rings (SSSR count). The summed E-state index contributed by atoms with van der Waals surface area (Å²) in [5.74, 6) is 0.763. The number of carbonyl (C=O) groups excluding carboxylic acids is 5. The number of aromatic nitrogens is 4. The van der Waals surface area contributed by atoms with Crippen LogP contribution < -0.4 is 31.3 Å². The highest BCUT2D eigenvalue weighted by Gasteiger charge is 2.40. The van der Waals surface area contributed by atoms with Gasteiger partial charge in [0, 0.05) is 78.6 Å². The Balaban J connectivity index is 0.639. The number of hydrogen-bond donors (Lipinski definition) is 6. The van der Waals surface area contributed by atoms with Crippen molar-refractivity contribution in [2.24, 2.45) is 0 Å². The molecule has 3 aliphatic rings. The van der Waals surface area contributed by atoms with Crippen LogP contribution in [0.5, 0.6) is 5.75 Å². The van der Waals surface area contributed by atoms with Gasteiger partial charge in [0.25, 0.3) is 11.8 Å². The molecule has 5 amide bonds. The van der Waals surface area contributed by atoms with E-state index in [2.05, 4.69) is 46.7 Å². The Labute approximate surface area is 431 Å². The van der Waals surface area contributed by atoms with Gasteiger partial charge in [0.05, 0.1) is 44.1 Å². The number of benzene rings is 3. The van der Waals surface area contributed by atoms with Gasteiger partial charge in [-0.3, -0.25) is 34.3 Å². The lowest BCUT2D eigenvalue weighted by Gasteiger charge is -2.37. The largest absolute Gasteiger partial charge is 0.494 e. The van der Waals surface area contributed by atoms with Crippen molar-refractivity contribution in [3.8, 4) is 17.1 Å². The molecule has 0 saturated carbocycles. The zero-order chi connectivity index (χ0) is 51.8. The Bertz CT molecular complexity index is 2690. The van der Waals surface area contributed by atoms with Gasteiger partial charge in [-0.15, -0.1) is 10.2 Å². The van der Waals surface area contributed by atoms with E-state index in [4.69, 9.17) is 18.9 Å². The Morgan fingerprint density at radius 3 is 2.24 bits per heavy atom. The SMILES string of the molecule is CC(C)(NC(=O)c1cccc(NC2(c3nnc(-c4ccncc4)[nH]3)CCNCC2)c1)c1ccc(OCCCCCCOCCOCCOCCCC(=O)Nc2cccc3c2CN(C2CCC(=O)NC2=O)C3=O)cc1. The minimum Gasteiger partial charge on any atom is -0.494 e. The predicted octanol–water partition coefficient (Wildman–Crippen LogP) is 6.39. The van der Waals surface area contributed by atoms with Gasteiger partial charge >= 0.3 is 0 Å². The molecule has 19 heteroatoms. The molecule has 3 aromatic carbocycles. The summed E-state index contributed by atoms with van der Waals surface area (Å²) in [6.07, 6.45) is 10.2. The van der Waals surface area contributed by atoms with Gasteiger partial charge in [0.2, 0.25) is 17.7 Å². The molecule has 74 heavy (non-hydrogen) atoms. The average molecular weight is 1010 g/mol. The van der Waals surface area contributed by atoms with E-state index < -0.39 is 23.0 Å². The molecule has 0 radical (unpaired) electrons. The molecule has 0 aliphatic carbocycles. The van der Waals surface area contributed by atoms with E-state index in [9.17, 15) is 24.0 Å². The van der Waals surface area contributed by atoms with Crippen LogP contribution >= 0.6 is 0 Å². The number of ether oxygens (including phenoxy) is 4. The molecule has 2 saturated heterocycles. The van der Waals surface area contributed by atoms with Crippen molar-refractivity contribution >= 4 is 40.9 Å². The summed E-state index contributed by atoms with van der Waals surface area (Å²) < 4.78 is 23.0. The van der Waals surface area contributed by atoms with E-state index in [0.29, 0.717) is 80.9 Å². The number of pyridine rings is 1. The van der Waals surface area contributed by atoms with Gasteiger partial charge in [-0.1, -0.05) is 30.7 Å². The second-order valence-corrected chi connectivity index (χ2v) is 19.4. The number of hydrogen-bond acceptors (Lipinski definition) is 14. The molecule has 1 unspecified atom stereocenters. The fourth-order valence-electron chi connectivity index (χ4n) is 9.44. The number of unbranched alkanes of at least 4 members (excludes halogenated alkanes) is 3. The molecule has 1 atom stereocenters. The standard InChI is InChI=1S/C55H68N10O9/c1-54(2,62-50(68)39-10-7-11-41(36-39)61-55(23-27-57-28-24-55)53-60-49(63-64-53)38-21-25-56-26-22-38)40-15-17-42(18-16-40)74-31-6-4-3-5-29-71-32-34-73-35-33-72-30-9-14-47(66)58-45-13-8-12-43-44(45)37-65(52(43)70)46-19-20-48(67)59-51(46)69/h7-8,10-13,15-18,21-22,25-26,36,46,57,61H,3-6,9,14,19-20,23-24,27-35,37H2,1-2H3,(H,58,66)(H,62,68)(H,59,67,69)(H,60,63,64). The van der Waals surface area contributed by atoms with Gasteiger partial charge < -0.3 is 50.1 Å². The second-order valence-electron chi connectivity index (χ2n) is 19.4. The number of nitrogens with zero attached hydrogens (tertiary/aromatic N) is 4. The second kappa shape index (κ2) is 25.7. The molecule has 0 spiro atoms. The number of imide groups is 1. The maximum atomic E-state index is 13.7. The summed E-state index contributed by atoms with van der Waals surface area (Å²) in [6, 6.07) is 23.7. The fraction of sp³-hybridized carbons (Fsp3) is 0.455. The van der Waals surface area contributed by atoms with E-state index in [1.54, 1.807) is 30.6 Å². The lowest BCUT2D eigenvalue weighted by Crippen LogP contribution is -2.52. The topological polar surface area (TPSA) is 240 Å². The van der Waals surface area contributed by atoms with Crippen molar-refractivity contribution < 1.29 is 42.9 Å². The predicted molar refractivity (Wildman–Crippen MR) is 277 cm³/mol. The summed E-state index contributed by atoms with van der Waals surface area (Å²) in [5, 5.41) is 24.6. The van der Waals surface area contributed by atoms with Crippen LogP contribution in [0.25, 0.3) is 11.4 Å². The van der Waals surface area contributed by atoms with Crippen molar-refractivity contribution in [3.05, 3.63) is 119 Å². The number of amides is 5. The van der Waals surface area contributed by atoms with Crippen LogP contribution in [0, 0.1) is 0 Å². The third kappa shape index (κ3) is 14.2. The molecule has 2 fully saturated rings. The van der Waals surface area contributed by atoms with Gasteiger partial charge in [-0.25, -0.2) is 0 Å². The van der Waals surface area contributed by atoms with Gasteiger partial charge in [0.1, 0.15) is 11.8 Å². The molecule has 0 bridgehead atoms. The summed E-state index contributed by atoms with van der Waals surface area (Å²) in [4.78, 5) is 72.5. The van der Waals surface area contributed by atoms with E-state index in [1.165, 1.54) is 4.90 Å². The van der Waals surface area contributed by atoms with E-state index in [0.717, 1.165) is 80.0 Å². The number of fused-ring (bicyclic) bond motifs is 1. The third-order valence-electron chi connectivity index (χ3n) is 13.6. The number of aromatic amines is 1. The van der Waals surface area contributed by atoms with E-state index >= 15 is 0 Å². The van der Waals surface area contributed by atoms with Gasteiger partial charge in [-0.05, 0) is 132 Å². The monoisotopic (exact) mass is 1010 g/mol. The normalized spacial score (nSPS) is 16.4. The number of nitrogens with one attached hydrogen (secondary N) is 6. The Hall–Kier alpha value is -7.06. The zero-order valence-electron chi connectivity index (χ0n) is 42.3. The first-order chi connectivity index (χ1) is 36.0. The van der Waals surface area contributed by atoms with Crippen LogP contribution in [0.3, 0.4) is 0 Å². The van der Waals surface area contributed by atoms with E-state index in [-0.39, 0.29) is 49.4 Å². The molecule has 392 valence electrons. The third-order valence-corrected chi connectivity index (χ3v) is 13.6. The summed E-state index contributed by atoms with van der Waals surface area (Å²) >= 11 is 0. The van der Waals surface area contributed by atoms with Crippen LogP contribution in [-0.4, -0.2) is 120 Å². The molecule has 19 nitrogen and oxygen atoms in total. The number of carbonyl (C=O) groups is 5. The van der Waals surface area contributed by atoms with Crippen molar-refractivity contribution in [3.63, 3.8) is 0 Å². The zero-order valence-corrected chi connectivity index (χ0v) is 42.3. The van der Waals surface area contributed by atoms with Gasteiger partial charge in [0.15, 0.2) is 11.6 Å². The average Bonchev–Trinajstić information content (AvgIpc) is 4.04. The quantitative estimate of drug-likeness (QED) is 0.0247. The smallest absolute Gasteiger partial charge is 0.255 e. The highest BCUT2D eigenvalue weighted by Crippen LogP contribution is 2.35. The highest BCUT2D eigenvalue weighted by molar-refractivity contribution is 6.07. The Kier molecular flexibility index (Phi) is 18.5. The van der Waals surface area contributed by atoms with Gasteiger partial charge in [-0.2, -0.15) is 0 Å². The van der Waals surface area contributed by atoms with Crippen molar-refractivity contribution in [2.75, 3.05) is 70.0 Å². The molecular weight excluding hydrogens is 945 g/mol. The number of rotatable bonds is 27. The van der Waals surface area contributed by atoms with Crippen molar-refractivity contribution in [1.82, 2.24) is 41.0 Å². The van der Waals surface area contributed by atoms with Crippen molar-refractivity contribution in [2.45, 2.75) is 102 Å². The first kappa shape index (κ1) is 53.2.